The Bertz CT molecular complexity index is 1700. The van der Waals surface area contributed by atoms with Crippen LogP contribution in [-0.2, 0) is 20.9 Å². The predicted molar refractivity (Wildman–Crippen MR) is 136 cm³/mol. The van der Waals surface area contributed by atoms with Crippen LogP contribution in [0.2, 0.25) is 0 Å². The number of amides is 2. The van der Waals surface area contributed by atoms with Crippen molar-refractivity contribution in [3.05, 3.63) is 40.9 Å². The fourth-order valence-electron chi connectivity index (χ4n) is 4.61. The van der Waals surface area contributed by atoms with Crippen LogP contribution >= 0.6 is 23.3 Å². The van der Waals surface area contributed by atoms with Gasteiger partial charge in [-0.25, -0.2) is 14.2 Å². The highest BCUT2D eigenvalue weighted by molar-refractivity contribution is 8.01. The Morgan fingerprint density at radius 1 is 1.23 bits per heavy atom. The Morgan fingerprint density at radius 2 is 1.95 bits per heavy atom. The number of rotatable bonds is 7. The molecule has 2 aliphatic rings. The quantitative estimate of drug-likeness (QED) is 0.0720. The molecule has 19 heteroatoms. The molecule has 2 aliphatic heterocycles. The van der Waals surface area contributed by atoms with E-state index in [-0.39, 0.29) is 34.7 Å². The van der Waals surface area contributed by atoms with Gasteiger partial charge in [0, 0.05) is 28.9 Å². The smallest absolute Gasteiger partial charge is 0.425 e. The zero-order chi connectivity index (χ0) is 29.1. The van der Waals surface area contributed by atoms with Gasteiger partial charge < -0.3 is 26.5 Å². The zero-order valence-electron chi connectivity index (χ0n) is 21.0. The van der Waals surface area contributed by atoms with Gasteiger partial charge in [-0.15, -0.1) is 16.3 Å². The molecular weight excluding hydrogens is 568 g/mol. The lowest BCUT2D eigenvalue weighted by molar-refractivity contribution is -0.674. The lowest BCUT2D eigenvalue weighted by Crippen LogP contribution is -2.85. The molecule has 0 aliphatic carbocycles. The molecule has 0 unspecified atom stereocenters. The summed E-state index contributed by atoms with van der Waals surface area (Å²) >= 11 is 2.01. The number of aliphatic carboxylic acids is 1. The van der Waals surface area contributed by atoms with Crippen LogP contribution in [0, 0.1) is 6.92 Å². The summed E-state index contributed by atoms with van der Waals surface area (Å²) in [4.78, 5) is 58.2. The number of aromatic nitrogens is 6. The summed E-state index contributed by atoms with van der Waals surface area (Å²) in [6, 6.07) is 1.67. The van der Waals surface area contributed by atoms with Crippen LogP contribution in [-0.4, -0.2) is 89.9 Å². The number of carbonyl (C=O) groups is 4. The van der Waals surface area contributed by atoms with Crippen molar-refractivity contribution in [2.75, 3.05) is 11.5 Å². The van der Waals surface area contributed by atoms with Crippen molar-refractivity contribution in [3.63, 3.8) is 0 Å². The third-order valence-corrected chi connectivity index (χ3v) is 9.07. The highest BCUT2D eigenvalue weighted by atomic mass is 32.2. The van der Waals surface area contributed by atoms with Gasteiger partial charge in [0.2, 0.25) is 11.5 Å². The van der Waals surface area contributed by atoms with Gasteiger partial charge in [0.25, 0.3) is 11.8 Å². The summed E-state index contributed by atoms with van der Waals surface area (Å²) in [5.41, 5.74) is 4.13. The van der Waals surface area contributed by atoms with Gasteiger partial charge in [-0.1, -0.05) is 10.3 Å². The van der Waals surface area contributed by atoms with E-state index in [1.54, 1.807) is 24.5 Å². The lowest BCUT2D eigenvalue weighted by Gasteiger charge is -2.63. The van der Waals surface area contributed by atoms with Gasteiger partial charge in [0.05, 0.1) is 18.4 Å². The molecule has 0 saturated carbocycles. The van der Waals surface area contributed by atoms with Crippen molar-refractivity contribution in [3.8, 4) is 0 Å². The summed E-state index contributed by atoms with van der Waals surface area (Å²) in [6.45, 7) is 4.78. The standard InChI is InChI=1S/C21H20N10O7S2/c1-8-4-5-30-19(24-13(26-30)16(35)36)29(8)6-9-7-39-21(3)20(2,17(37)31(21)11(9)15(33)34)25-14(32)10(27-38)12-23-18(22)40-28-12/h4-5H,6-7H2,1-3H3,(H5-,22,23,25,28,32,33,34,35,36,38)/p+1/t20-,21-/m1/s1. The first-order valence-corrected chi connectivity index (χ1v) is 13.2. The summed E-state index contributed by atoms with van der Waals surface area (Å²) < 4.78 is 6.71. The number of β-lactam (4-membered cyclic amide) rings is 1. The summed E-state index contributed by atoms with van der Waals surface area (Å²) in [5.74, 6) is -4.68. The second-order valence-corrected chi connectivity index (χ2v) is 11.3. The molecule has 6 N–H and O–H groups in total. The van der Waals surface area contributed by atoms with E-state index in [9.17, 15) is 34.6 Å². The number of nitrogen functional groups attached to an aromatic ring is 1. The number of hydrogen-bond donors (Lipinski definition) is 5. The first-order chi connectivity index (χ1) is 18.8. The van der Waals surface area contributed by atoms with E-state index in [1.807, 2.05) is 0 Å². The van der Waals surface area contributed by atoms with Gasteiger partial charge in [-0.2, -0.15) is 9.36 Å². The number of nitrogens with one attached hydrogen (secondary N) is 1. The molecule has 2 amide bonds. The van der Waals surface area contributed by atoms with E-state index >= 15 is 0 Å². The third-order valence-electron chi connectivity index (χ3n) is 6.88. The number of aromatic carboxylic acids is 1. The number of anilines is 1. The number of carbonyl (C=O) groups excluding carboxylic acids is 2. The number of nitrogens with zero attached hydrogens (tertiary/aromatic N) is 8. The van der Waals surface area contributed by atoms with Gasteiger partial charge in [-0.3, -0.25) is 14.5 Å². The molecule has 2 atom stereocenters. The second-order valence-electron chi connectivity index (χ2n) is 9.18. The predicted octanol–water partition coefficient (Wildman–Crippen LogP) is -1.15. The highest BCUT2D eigenvalue weighted by Gasteiger charge is 2.71. The molecule has 40 heavy (non-hydrogen) atoms. The van der Waals surface area contributed by atoms with Crippen LogP contribution in [0.25, 0.3) is 5.78 Å². The summed E-state index contributed by atoms with van der Waals surface area (Å²) in [5, 5.41) is 38.3. The first kappa shape index (κ1) is 26.9. The first-order valence-electron chi connectivity index (χ1n) is 11.4. The molecule has 5 heterocycles. The van der Waals surface area contributed by atoms with Crippen molar-refractivity contribution in [2.45, 2.75) is 37.7 Å². The van der Waals surface area contributed by atoms with Crippen molar-refractivity contribution < 1.29 is 39.2 Å². The maximum atomic E-state index is 13.5. The molecule has 3 aromatic heterocycles. The van der Waals surface area contributed by atoms with Gasteiger partial charge in [0.15, 0.2) is 5.13 Å². The number of carboxylic acids is 2. The molecule has 0 bridgehead atoms. The fraction of sp³-hybridized carbons (Fsp3) is 0.333. The van der Waals surface area contributed by atoms with Gasteiger partial charge in [-0.05, 0) is 25.8 Å². The van der Waals surface area contributed by atoms with E-state index in [0.29, 0.717) is 11.3 Å². The Kier molecular flexibility index (Phi) is 6.21. The van der Waals surface area contributed by atoms with Gasteiger partial charge >= 0.3 is 23.5 Å². The molecule has 0 aromatic carbocycles. The Morgan fingerprint density at radius 3 is 2.55 bits per heavy atom. The maximum absolute atomic E-state index is 13.5. The summed E-state index contributed by atoms with van der Waals surface area (Å²) in [7, 11) is 0. The monoisotopic (exact) mass is 589 g/mol. The van der Waals surface area contributed by atoms with Crippen LogP contribution in [0.5, 0.6) is 0 Å². The SMILES string of the molecule is Cc1ccn2nc(C(=O)O)nc2[n+]1CC1=C(C(=O)O)N2C(=O)[C@@](C)(NC(=O)/C(=N\O)c3nsc(N)n3)[C@@]2(C)SC1. The minimum Gasteiger partial charge on any atom is -0.477 e. The number of aryl methyl sites for hydroxylation is 1. The number of thioether (sulfide) groups is 1. The molecule has 3 aromatic rings. The minimum atomic E-state index is -1.59. The lowest BCUT2D eigenvalue weighted by atomic mass is 9.79. The highest BCUT2D eigenvalue weighted by Crippen LogP contribution is 2.54. The van der Waals surface area contributed by atoms with Crippen LogP contribution in [0.1, 0.15) is 36.0 Å². The molecule has 17 nitrogen and oxygen atoms in total. The van der Waals surface area contributed by atoms with Crippen LogP contribution in [0.15, 0.2) is 28.7 Å². The van der Waals surface area contributed by atoms with E-state index in [4.69, 9.17) is 5.73 Å². The molecule has 0 spiro atoms. The van der Waals surface area contributed by atoms with Crippen molar-refractivity contribution in [1.82, 2.24) is 34.2 Å². The maximum Gasteiger partial charge on any atom is 0.425 e. The molecule has 208 valence electrons. The number of fused-ring (bicyclic) bond motifs is 2. The van der Waals surface area contributed by atoms with E-state index < -0.39 is 45.7 Å². The molecule has 1 fully saturated rings. The Hall–Kier alpha value is -4.65. The average molecular weight is 590 g/mol. The van der Waals surface area contributed by atoms with Crippen LogP contribution in [0.4, 0.5) is 5.13 Å². The van der Waals surface area contributed by atoms with Crippen molar-refractivity contribution in [1.29, 1.82) is 0 Å². The van der Waals surface area contributed by atoms with Crippen LogP contribution in [0.3, 0.4) is 0 Å². The van der Waals surface area contributed by atoms with E-state index in [1.165, 1.54) is 29.4 Å². The van der Waals surface area contributed by atoms with E-state index in [2.05, 4.69) is 29.9 Å². The summed E-state index contributed by atoms with van der Waals surface area (Å²) in [6.07, 6.45) is 1.53. The zero-order valence-corrected chi connectivity index (χ0v) is 22.6. The molecule has 0 radical (unpaired) electrons. The Labute approximate surface area is 232 Å². The largest absolute Gasteiger partial charge is 0.477 e. The number of nitrogens with two attached hydrogens (primary N) is 1. The number of carboxylic acid groups (broad SMARTS) is 2. The van der Waals surface area contributed by atoms with E-state index in [0.717, 1.165) is 16.4 Å². The second kappa shape index (κ2) is 9.23. The third kappa shape index (κ3) is 3.84. The minimum absolute atomic E-state index is 0.0241. The number of hydrogen-bond acceptors (Lipinski definition) is 13. The number of oxime groups is 1. The van der Waals surface area contributed by atoms with Gasteiger partial charge in [0.1, 0.15) is 16.1 Å². The molecule has 1 saturated heterocycles. The van der Waals surface area contributed by atoms with Crippen LogP contribution < -0.4 is 15.6 Å². The molecule has 5 rings (SSSR count). The fourth-order valence-corrected chi connectivity index (χ4v) is 6.46. The molecular formula is C21H21N10O7S2+. The van der Waals surface area contributed by atoms with Crippen molar-refractivity contribution >= 4 is 63.7 Å². The van der Waals surface area contributed by atoms with Crippen molar-refractivity contribution in [2.24, 2.45) is 5.16 Å². The Balaban J connectivity index is 1.49. The topological polar surface area (TPSA) is 242 Å². The normalized spacial score (nSPS) is 22.7. The average Bonchev–Trinajstić information content (AvgIpc) is 3.53.